The summed E-state index contributed by atoms with van der Waals surface area (Å²) in [6, 6.07) is 17.5. The highest BCUT2D eigenvalue weighted by Crippen LogP contribution is 2.41. The van der Waals surface area contributed by atoms with Crippen molar-refractivity contribution >= 4 is 23.8 Å². The van der Waals surface area contributed by atoms with Crippen LogP contribution in [0.15, 0.2) is 67.0 Å². The Morgan fingerprint density at radius 3 is 2.48 bits per heavy atom. The number of carboxylic acid groups (broad SMARTS) is 1. The van der Waals surface area contributed by atoms with E-state index in [2.05, 4.69) is 10.3 Å². The molecule has 12 heteroatoms. The zero-order chi connectivity index (χ0) is 31.1. The van der Waals surface area contributed by atoms with E-state index in [1.807, 2.05) is 41.0 Å². The highest BCUT2D eigenvalue weighted by atomic mass is 16.5. The van der Waals surface area contributed by atoms with Gasteiger partial charge in [-0.15, -0.1) is 0 Å². The Morgan fingerprint density at radius 1 is 1.05 bits per heavy atom. The number of aromatic nitrogens is 2. The Bertz CT molecular complexity index is 1430. The monoisotopic (exact) mass is 605 g/mol. The second kappa shape index (κ2) is 13.9. The molecule has 5 rings (SSSR count). The summed E-state index contributed by atoms with van der Waals surface area (Å²) in [6.45, 7) is 0.508. The molecule has 1 saturated carbocycles. The van der Waals surface area contributed by atoms with Crippen molar-refractivity contribution < 1.29 is 34.1 Å². The van der Waals surface area contributed by atoms with Crippen molar-refractivity contribution in [3.8, 4) is 11.3 Å². The van der Waals surface area contributed by atoms with Crippen LogP contribution in [0, 0.1) is 0 Å². The van der Waals surface area contributed by atoms with Crippen molar-refractivity contribution in [3.05, 3.63) is 72.7 Å². The fraction of sp³-hybridized carbons (Fsp3) is 0.438. The van der Waals surface area contributed by atoms with E-state index >= 15 is 0 Å². The number of hydrogen-bond acceptors (Lipinski definition) is 7. The SMILES string of the molecule is COC[C@]1(O)CCCC[C@H]1n1cnc(C(=O)N2CCN(C(=O)O)C[C@H]2CCOC(=O)Nc2ccccc2)c1-c1ccccc1. The summed E-state index contributed by atoms with van der Waals surface area (Å²) in [4.78, 5) is 46.0. The number of rotatable bonds is 9. The largest absolute Gasteiger partial charge is 0.465 e. The minimum absolute atomic E-state index is 0.0212. The molecule has 2 heterocycles. The molecule has 0 bridgehead atoms. The first kappa shape index (κ1) is 31.0. The van der Waals surface area contributed by atoms with Crippen LogP contribution in [-0.2, 0) is 9.47 Å². The molecule has 2 fully saturated rings. The third-order valence-electron chi connectivity index (χ3n) is 8.45. The third-order valence-corrected chi connectivity index (χ3v) is 8.45. The number of amides is 3. The van der Waals surface area contributed by atoms with Crippen LogP contribution in [0.1, 0.15) is 48.6 Å². The van der Waals surface area contributed by atoms with Gasteiger partial charge in [-0.1, -0.05) is 61.4 Å². The van der Waals surface area contributed by atoms with Gasteiger partial charge in [0.1, 0.15) is 5.60 Å². The molecule has 3 atom stereocenters. The Hall–Kier alpha value is -4.42. The van der Waals surface area contributed by atoms with E-state index in [4.69, 9.17) is 9.47 Å². The molecule has 0 spiro atoms. The lowest BCUT2D eigenvalue weighted by atomic mass is 9.80. The number of para-hydroxylation sites is 1. The summed E-state index contributed by atoms with van der Waals surface area (Å²) in [6.07, 6.45) is 3.20. The van der Waals surface area contributed by atoms with Gasteiger partial charge in [0.2, 0.25) is 0 Å². The van der Waals surface area contributed by atoms with Crippen molar-refractivity contribution in [1.82, 2.24) is 19.4 Å². The number of methoxy groups -OCH3 is 1. The highest BCUT2D eigenvalue weighted by molar-refractivity contribution is 5.98. The molecule has 44 heavy (non-hydrogen) atoms. The van der Waals surface area contributed by atoms with Gasteiger partial charge in [-0.25, -0.2) is 14.6 Å². The number of benzene rings is 2. The first-order valence-electron chi connectivity index (χ1n) is 14.9. The number of ether oxygens (including phenoxy) is 2. The summed E-state index contributed by atoms with van der Waals surface area (Å²) in [5.41, 5.74) is 1.06. The minimum Gasteiger partial charge on any atom is -0.465 e. The van der Waals surface area contributed by atoms with Crippen molar-refractivity contribution in [3.63, 3.8) is 0 Å². The predicted octanol–water partition coefficient (Wildman–Crippen LogP) is 4.49. The van der Waals surface area contributed by atoms with Gasteiger partial charge in [-0.2, -0.15) is 0 Å². The maximum Gasteiger partial charge on any atom is 0.411 e. The fourth-order valence-corrected chi connectivity index (χ4v) is 6.30. The van der Waals surface area contributed by atoms with Gasteiger partial charge >= 0.3 is 12.2 Å². The van der Waals surface area contributed by atoms with E-state index in [0.717, 1.165) is 18.4 Å². The van der Waals surface area contributed by atoms with Gasteiger partial charge in [0, 0.05) is 44.4 Å². The summed E-state index contributed by atoms with van der Waals surface area (Å²) in [7, 11) is 1.57. The maximum atomic E-state index is 14.3. The van der Waals surface area contributed by atoms with E-state index < -0.39 is 23.8 Å². The number of nitrogens with zero attached hydrogens (tertiary/aromatic N) is 4. The molecule has 1 aliphatic carbocycles. The van der Waals surface area contributed by atoms with E-state index in [1.165, 1.54) is 4.90 Å². The molecule has 0 unspecified atom stereocenters. The molecule has 1 saturated heterocycles. The van der Waals surface area contributed by atoms with Gasteiger partial charge in [-0.05, 0) is 25.0 Å². The van der Waals surface area contributed by atoms with E-state index in [-0.39, 0.29) is 56.9 Å². The summed E-state index contributed by atoms with van der Waals surface area (Å²) in [5, 5.41) is 24.0. The fourth-order valence-electron chi connectivity index (χ4n) is 6.30. The Labute approximate surface area is 256 Å². The molecule has 12 nitrogen and oxygen atoms in total. The number of nitrogens with one attached hydrogen (secondary N) is 1. The van der Waals surface area contributed by atoms with Crippen LogP contribution in [0.5, 0.6) is 0 Å². The number of carbonyl (C=O) groups excluding carboxylic acids is 2. The lowest BCUT2D eigenvalue weighted by Gasteiger charge is -2.41. The Morgan fingerprint density at radius 2 is 1.77 bits per heavy atom. The van der Waals surface area contributed by atoms with Crippen LogP contribution in [0.25, 0.3) is 11.3 Å². The minimum atomic E-state index is -1.12. The third kappa shape index (κ3) is 6.87. The van der Waals surface area contributed by atoms with Gasteiger partial charge in [0.15, 0.2) is 5.69 Å². The molecule has 3 aromatic rings. The summed E-state index contributed by atoms with van der Waals surface area (Å²) >= 11 is 0. The van der Waals surface area contributed by atoms with Gasteiger partial charge in [-0.3, -0.25) is 10.1 Å². The predicted molar refractivity (Wildman–Crippen MR) is 162 cm³/mol. The molecule has 3 amide bonds. The van der Waals surface area contributed by atoms with E-state index in [0.29, 0.717) is 24.2 Å². The number of imidazole rings is 1. The smallest absolute Gasteiger partial charge is 0.411 e. The number of carbonyl (C=O) groups is 3. The van der Waals surface area contributed by atoms with Gasteiger partial charge < -0.3 is 34.1 Å². The molecule has 2 aromatic carbocycles. The Balaban J connectivity index is 1.40. The normalized spacial score (nSPS) is 22.0. The average molecular weight is 606 g/mol. The average Bonchev–Trinajstić information content (AvgIpc) is 3.46. The summed E-state index contributed by atoms with van der Waals surface area (Å²) < 4.78 is 12.7. The molecule has 2 aliphatic rings. The number of anilines is 1. The Kier molecular flexibility index (Phi) is 9.81. The highest BCUT2D eigenvalue weighted by Gasteiger charge is 2.43. The molecule has 0 radical (unpaired) electrons. The topological polar surface area (TPSA) is 146 Å². The van der Waals surface area contributed by atoms with Crippen LogP contribution in [0.2, 0.25) is 0 Å². The van der Waals surface area contributed by atoms with E-state index in [9.17, 15) is 24.6 Å². The zero-order valence-electron chi connectivity index (χ0n) is 24.8. The second-order valence-electron chi connectivity index (χ2n) is 11.3. The van der Waals surface area contributed by atoms with Crippen molar-refractivity contribution in [2.45, 2.75) is 49.8 Å². The quantitative estimate of drug-likeness (QED) is 0.324. The first-order chi connectivity index (χ1) is 21.3. The standard InChI is InChI=1S/C32H39N5O7/c1-43-21-32(42)16-9-8-14-26(32)37-22-33-27(28(37)23-10-4-2-5-11-23)29(38)36-18-17-35(31(40)41)20-25(36)15-19-44-30(39)34-24-12-6-3-7-13-24/h2-7,10-13,22,25-26,42H,8-9,14-21H2,1H3,(H,34,39)(H,40,41)/t25-,26-,32-/m1/s1. The lowest BCUT2D eigenvalue weighted by molar-refractivity contribution is -0.0893. The van der Waals surface area contributed by atoms with Crippen molar-refractivity contribution in [1.29, 1.82) is 0 Å². The van der Waals surface area contributed by atoms with E-state index in [1.54, 1.807) is 42.6 Å². The van der Waals surface area contributed by atoms with Crippen molar-refractivity contribution in [2.75, 3.05) is 45.3 Å². The molecule has 1 aromatic heterocycles. The zero-order valence-corrected chi connectivity index (χ0v) is 24.8. The van der Waals surface area contributed by atoms with Crippen LogP contribution >= 0.6 is 0 Å². The number of piperazine rings is 1. The molecule has 1 aliphatic heterocycles. The van der Waals surface area contributed by atoms with Crippen LogP contribution in [0.3, 0.4) is 0 Å². The molecule has 3 N–H and O–H groups in total. The molecular formula is C32H39N5O7. The van der Waals surface area contributed by atoms with Gasteiger partial charge in [0.05, 0.1) is 37.3 Å². The van der Waals surface area contributed by atoms with Gasteiger partial charge in [0.25, 0.3) is 5.91 Å². The lowest BCUT2D eigenvalue weighted by Crippen LogP contribution is -2.56. The number of hydrogen-bond donors (Lipinski definition) is 3. The summed E-state index contributed by atoms with van der Waals surface area (Å²) in [5.74, 6) is -0.350. The molecular weight excluding hydrogens is 566 g/mol. The van der Waals surface area contributed by atoms with Crippen LogP contribution in [-0.4, -0.2) is 99.3 Å². The van der Waals surface area contributed by atoms with Crippen molar-refractivity contribution in [2.24, 2.45) is 0 Å². The second-order valence-corrected chi connectivity index (χ2v) is 11.3. The van der Waals surface area contributed by atoms with Crippen LogP contribution in [0.4, 0.5) is 15.3 Å². The first-order valence-corrected chi connectivity index (χ1v) is 14.9. The number of aliphatic hydroxyl groups is 1. The van der Waals surface area contributed by atoms with Crippen LogP contribution < -0.4 is 5.32 Å². The maximum absolute atomic E-state index is 14.3. The molecule has 234 valence electrons.